The molecule has 0 saturated heterocycles. The second-order valence-corrected chi connectivity index (χ2v) is 7.18. The van der Waals surface area contributed by atoms with E-state index in [9.17, 15) is 9.59 Å². The van der Waals surface area contributed by atoms with E-state index in [2.05, 4.69) is 0 Å². The molecule has 1 aliphatic rings. The van der Waals surface area contributed by atoms with Crippen LogP contribution in [-0.4, -0.2) is 26.0 Å². The maximum atomic E-state index is 13.6. The van der Waals surface area contributed by atoms with Crippen molar-refractivity contribution in [2.45, 2.75) is 0 Å². The largest absolute Gasteiger partial charge is 0.495 e. The number of para-hydroxylation sites is 1. The fourth-order valence-electron chi connectivity index (χ4n) is 3.53. The summed E-state index contributed by atoms with van der Waals surface area (Å²) in [7, 11) is 3.26. The standard InChI is InChI=1S/C24H19ClN2O3/c1-26(18-11-7-4-8-12-18)22-21(16-9-5-3-6-10-16)23(28)27(24(22)29)19-15-17(25)13-14-20(19)30-2/h3-15H,1-2H3. The van der Waals surface area contributed by atoms with Crippen LogP contribution in [0.3, 0.4) is 0 Å². The van der Waals surface area contributed by atoms with Crippen molar-refractivity contribution in [1.82, 2.24) is 0 Å². The van der Waals surface area contributed by atoms with E-state index in [1.54, 1.807) is 30.1 Å². The van der Waals surface area contributed by atoms with Crippen molar-refractivity contribution in [3.05, 3.63) is 95.1 Å². The average molecular weight is 419 g/mol. The van der Waals surface area contributed by atoms with Gasteiger partial charge in [-0.2, -0.15) is 0 Å². The second kappa shape index (κ2) is 8.05. The molecule has 0 radical (unpaired) electrons. The number of anilines is 2. The Morgan fingerprint density at radius 1 is 0.867 bits per heavy atom. The van der Waals surface area contributed by atoms with Crippen LogP contribution in [-0.2, 0) is 9.59 Å². The Hall–Kier alpha value is -3.57. The molecular formula is C24H19ClN2O3. The van der Waals surface area contributed by atoms with E-state index in [1.165, 1.54) is 7.11 Å². The number of halogens is 1. The van der Waals surface area contributed by atoms with Crippen molar-refractivity contribution in [3.8, 4) is 5.75 Å². The molecule has 30 heavy (non-hydrogen) atoms. The third kappa shape index (κ3) is 3.33. The molecular weight excluding hydrogens is 400 g/mol. The number of nitrogens with zero attached hydrogens (tertiary/aromatic N) is 2. The monoisotopic (exact) mass is 418 g/mol. The molecule has 0 aliphatic carbocycles. The van der Waals surface area contributed by atoms with Gasteiger partial charge in [0.15, 0.2) is 0 Å². The first-order valence-corrected chi connectivity index (χ1v) is 9.71. The second-order valence-electron chi connectivity index (χ2n) is 6.75. The van der Waals surface area contributed by atoms with Crippen molar-refractivity contribution in [2.24, 2.45) is 0 Å². The van der Waals surface area contributed by atoms with Crippen LogP contribution in [0.2, 0.25) is 5.02 Å². The molecule has 0 unspecified atom stereocenters. The van der Waals surface area contributed by atoms with E-state index in [4.69, 9.17) is 16.3 Å². The van der Waals surface area contributed by atoms with Gasteiger partial charge in [-0.25, -0.2) is 4.90 Å². The van der Waals surface area contributed by atoms with Crippen LogP contribution in [0.5, 0.6) is 5.75 Å². The minimum atomic E-state index is -0.439. The first-order chi connectivity index (χ1) is 14.5. The van der Waals surface area contributed by atoms with Crippen LogP contribution in [0.1, 0.15) is 5.56 Å². The zero-order chi connectivity index (χ0) is 21.3. The third-order valence-corrected chi connectivity index (χ3v) is 5.22. The van der Waals surface area contributed by atoms with Gasteiger partial charge in [-0.1, -0.05) is 60.1 Å². The Kier molecular flexibility index (Phi) is 5.29. The van der Waals surface area contributed by atoms with Crippen molar-refractivity contribution in [3.63, 3.8) is 0 Å². The van der Waals surface area contributed by atoms with Crippen molar-refractivity contribution in [2.75, 3.05) is 24.0 Å². The van der Waals surface area contributed by atoms with Gasteiger partial charge in [0.05, 0.1) is 18.4 Å². The van der Waals surface area contributed by atoms with Gasteiger partial charge in [-0.3, -0.25) is 9.59 Å². The number of hydrogen-bond acceptors (Lipinski definition) is 4. The lowest BCUT2D eigenvalue weighted by Crippen LogP contribution is -2.34. The first-order valence-electron chi connectivity index (χ1n) is 9.33. The number of hydrogen-bond donors (Lipinski definition) is 0. The Bertz CT molecular complexity index is 1140. The van der Waals surface area contributed by atoms with Crippen LogP contribution >= 0.6 is 11.6 Å². The van der Waals surface area contributed by atoms with E-state index in [0.29, 0.717) is 33.3 Å². The van der Waals surface area contributed by atoms with Gasteiger partial charge in [0.1, 0.15) is 11.4 Å². The highest BCUT2D eigenvalue weighted by Crippen LogP contribution is 2.40. The molecule has 0 N–H and O–H groups in total. The van der Waals surface area contributed by atoms with Gasteiger partial charge < -0.3 is 9.64 Å². The number of methoxy groups -OCH3 is 1. The average Bonchev–Trinajstić information content (AvgIpc) is 3.04. The molecule has 4 rings (SSSR count). The summed E-state index contributed by atoms with van der Waals surface area (Å²) in [6, 6.07) is 23.5. The minimum Gasteiger partial charge on any atom is -0.495 e. The summed E-state index contributed by atoms with van der Waals surface area (Å²) >= 11 is 6.17. The van der Waals surface area contributed by atoms with Gasteiger partial charge >= 0.3 is 0 Å². The minimum absolute atomic E-state index is 0.291. The summed E-state index contributed by atoms with van der Waals surface area (Å²) in [5, 5.41) is 0.400. The number of carbonyl (C=O) groups is 2. The zero-order valence-corrected chi connectivity index (χ0v) is 17.3. The molecule has 0 atom stereocenters. The number of carbonyl (C=O) groups excluding carboxylic acids is 2. The lowest BCUT2D eigenvalue weighted by Gasteiger charge is -2.22. The van der Waals surface area contributed by atoms with Gasteiger partial charge in [0, 0.05) is 17.8 Å². The zero-order valence-electron chi connectivity index (χ0n) is 16.5. The summed E-state index contributed by atoms with van der Waals surface area (Å²) in [5.41, 5.74) is 2.39. The highest BCUT2D eigenvalue weighted by Gasteiger charge is 2.43. The molecule has 3 aromatic carbocycles. The van der Waals surface area contributed by atoms with Gasteiger partial charge in [-0.05, 0) is 35.9 Å². The molecule has 5 nitrogen and oxygen atoms in total. The molecule has 1 aliphatic heterocycles. The van der Waals surface area contributed by atoms with Crippen LogP contribution in [0.25, 0.3) is 5.57 Å². The van der Waals surface area contributed by atoms with E-state index in [-0.39, 0.29) is 0 Å². The topological polar surface area (TPSA) is 49.9 Å². The summed E-state index contributed by atoms with van der Waals surface area (Å²) in [4.78, 5) is 30.0. The van der Waals surface area contributed by atoms with Gasteiger partial charge in [0.2, 0.25) is 0 Å². The Balaban J connectivity index is 1.90. The number of rotatable bonds is 5. The first kappa shape index (κ1) is 19.7. The molecule has 0 bridgehead atoms. The number of likely N-dealkylation sites (N-methyl/N-ethyl adjacent to an activating group) is 1. The van der Waals surface area contributed by atoms with Crippen LogP contribution in [0, 0.1) is 0 Å². The molecule has 3 aromatic rings. The number of imide groups is 1. The van der Waals surface area contributed by atoms with E-state index >= 15 is 0 Å². The maximum absolute atomic E-state index is 13.6. The molecule has 150 valence electrons. The number of benzene rings is 3. The normalized spacial score (nSPS) is 13.8. The van der Waals surface area contributed by atoms with E-state index in [0.717, 1.165) is 10.6 Å². The maximum Gasteiger partial charge on any atom is 0.282 e. The number of amides is 2. The number of ether oxygens (including phenoxy) is 1. The fourth-order valence-corrected chi connectivity index (χ4v) is 3.70. The van der Waals surface area contributed by atoms with Crippen LogP contribution < -0.4 is 14.5 Å². The Morgan fingerprint density at radius 3 is 2.13 bits per heavy atom. The smallest absolute Gasteiger partial charge is 0.282 e. The van der Waals surface area contributed by atoms with E-state index in [1.807, 2.05) is 60.7 Å². The molecule has 0 spiro atoms. The summed E-state index contributed by atoms with van der Waals surface area (Å²) in [6.07, 6.45) is 0. The van der Waals surface area contributed by atoms with Crippen molar-refractivity contribution in [1.29, 1.82) is 0 Å². The van der Waals surface area contributed by atoms with Crippen molar-refractivity contribution >= 4 is 40.4 Å². The lowest BCUT2D eigenvalue weighted by molar-refractivity contribution is -0.120. The lowest BCUT2D eigenvalue weighted by atomic mass is 10.0. The quantitative estimate of drug-likeness (QED) is 0.560. The third-order valence-electron chi connectivity index (χ3n) is 4.98. The summed E-state index contributed by atoms with van der Waals surface area (Å²) in [6.45, 7) is 0. The Labute approximate surface area is 179 Å². The molecule has 2 amide bonds. The molecule has 6 heteroatoms. The van der Waals surface area contributed by atoms with Gasteiger partial charge in [0.25, 0.3) is 11.8 Å². The molecule has 1 heterocycles. The SMILES string of the molecule is COc1ccc(Cl)cc1N1C(=O)C(c2ccccc2)=C(N(C)c2ccccc2)C1=O. The fraction of sp³-hybridized carbons (Fsp3) is 0.0833. The van der Waals surface area contributed by atoms with E-state index < -0.39 is 11.8 Å². The molecule has 0 saturated carbocycles. The predicted octanol–water partition coefficient (Wildman–Crippen LogP) is 4.77. The van der Waals surface area contributed by atoms with Crippen LogP contribution in [0.15, 0.2) is 84.6 Å². The van der Waals surface area contributed by atoms with Crippen molar-refractivity contribution < 1.29 is 14.3 Å². The Morgan fingerprint density at radius 2 is 1.50 bits per heavy atom. The van der Waals surface area contributed by atoms with Gasteiger partial charge in [-0.15, -0.1) is 0 Å². The molecule has 0 aromatic heterocycles. The summed E-state index contributed by atoms with van der Waals surface area (Å²) < 4.78 is 5.39. The molecule has 0 fully saturated rings. The highest BCUT2D eigenvalue weighted by atomic mass is 35.5. The predicted molar refractivity (Wildman–Crippen MR) is 119 cm³/mol. The highest BCUT2D eigenvalue weighted by molar-refractivity contribution is 6.46. The van der Waals surface area contributed by atoms with Crippen LogP contribution in [0.4, 0.5) is 11.4 Å². The summed E-state index contributed by atoms with van der Waals surface area (Å²) in [5.74, 6) is -0.479.